The van der Waals surface area contributed by atoms with E-state index in [1.54, 1.807) is 30.3 Å². The Bertz CT molecular complexity index is 725. The van der Waals surface area contributed by atoms with Gasteiger partial charge in [0, 0.05) is 16.8 Å². The average Bonchev–Trinajstić information content (AvgIpc) is 2.42. The quantitative estimate of drug-likeness (QED) is 0.482. The Morgan fingerprint density at radius 3 is 2.58 bits per heavy atom. The number of anilines is 3. The van der Waals surface area contributed by atoms with Crippen molar-refractivity contribution in [1.82, 2.24) is 9.97 Å². The highest BCUT2D eigenvalue weighted by atomic mass is 16.3. The van der Waals surface area contributed by atoms with Crippen molar-refractivity contribution in [1.29, 1.82) is 0 Å². The summed E-state index contributed by atoms with van der Waals surface area (Å²) >= 11 is 0. The van der Waals surface area contributed by atoms with Gasteiger partial charge in [-0.2, -0.15) is 0 Å². The second-order valence-electron chi connectivity index (χ2n) is 4.17. The van der Waals surface area contributed by atoms with Crippen molar-refractivity contribution >= 4 is 28.1 Å². The van der Waals surface area contributed by atoms with E-state index in [-0.39, 0.29) is 5.75 Å². The van der Waals surface area contributed by atoms with Crippen molar-refractivity contribution < 1.29 is 5.11 Å². The number of nitrogens with one attached hydrogen (secondary N) is 1. The van der Waals surface area contributed by atoms with Gasteiger partial charge in [-0.3, -0.25) is 0 Å². The zero-order valence-electron chi connectivity index (χ0n) is 10.0. The van der Waals surface area contributed by atoms with E-state index in [4.69, 9.17) is 5.73 Å². The molecule has 0 saturated carbocycles. The van der Waals surface area contributed by atoms with Crippen LogP contribution in [-0.4, -0.2) is 15.1 Å². The molecule has 3 rings (SSSR count). The number of rotatable bonds is 2. The van der Waals surface area contributed by atoms with Gasteiger partial charge in [-0.15, -0.1) is 0 Å². The van der Waals surface area contributed by atoms with E-state index in [1.807, 2.05) is 12.1 Å². The monoisotopic (exact) mass is 252 g/mol. The van der Waals surface area contributed by atoms with Gasteiger partial charge in [0.15, 0.2) is 0 Å². The van der Waals surface area contributed by atoms with Gasteiger partial charge in [-0.05, 0) is 42.5 Å². The first-order chi connectivity index (χ1) is 9.22. The van der Waals surface area contributed by atoms with E-state index in [2.05, 4.69) is 15.3 Å². The summed E-state index contributed by atoms with van der Waals surface area (Å²) in [5.74, 6) is 0.908. The maximum absolute atomic E-state index is 9.26. The standard InChI is InChI=1S/C14H12N4O/c15-9-1-6-13-12(7-9)14(17-8-16-13)18-10-2-4-11(19)5-3-10/h1-8,19H,15H2,(H,16,17,18). The van der Waals surface area contributed by atoms with Crippen LogP contribution in [0.2, 0.25) is 0 Å². The predicted molar refractivity (Wildman–Crippen MR) is 75.3 cm³/mol. The van der Waals surface area contributed by atoms with E-state index in [1.165, 1.54) is 6.33 Å². The number of aromatic nitrogens is 2. The minimum Gasteiger partial charge on any atom is -0.508 e. The minimum absolute atomic E-state index is 0.224. The van der Waals surface area contributed by atoms with Crippen molar-refractivity contribution in [3.63, 3.8) is 0 Å². The molecule has 0 bridgehead atoms. The van der Waals surface area contributed by atoms with E-state index in [0.29, 0.717) is 11.5 Å². The topological polar surface area (TPSA) is 84.1 Å². The van der Waals surface area contributed by atoms with E-state index >= 15 is 0 Å². The van der Waals surface area contributed by atoms with Crippen LogP contribution < -0.4 is 11.1 Å². The number of nitrogens with two attached hydrogens (primary N) is 1. The number of phenolic OH excluding ortho intramolecular Hbond substituents is 1. The van der Waals surface area contributed by atoms with Crippen LogP contribution in [0.1, 0.15) is 0 Å². The lowest BCUT2D eigenvalue weighted by molar-refractivity contribution is 0.475. The Hall–Kier alpha value is -2.82. The Balaban J connectivity index is 2.05. The molecule has 0 aliphatic carbocycles. The minimum atomic E-state index is 0.224. The fraction of sp³-hybridized carbons (Fsp3) is 0. The van der Waals surface area contributed by atoms with Crippen LogP contribution in [-0.2, 0) is 0 Å². The fourth-order valence-corrected chi connectivity index (χ4v) is 1.86. The van der Waals surface area contributed by atoms with Crippen molar-refractivity contribution in [2.75, 3.05) is 11.1 Å². The molecule has 0 aliphatic rings. The molecule has 5 nitrogen and oxygen atoms in total. The van der Waals surface area contributed by atoms with Crippen LogP contribution in [0.4, 0.5) is 17.2 Å². The number of hydrogen-bond donors (Lipinski definition) is 3. The molecule has 2 aromatic carbocycles. The normalized spacial score (nSPS) is 10.5. The van der Waals surface area contributed by atoms with Gasteiger partial charge in [0.05, 0.1) is 5.52 Å². The number of benzene rings is 2. The van der Waals surface area contributed by atoms with Gasteiger partial charge in [0.1, 0.15) is 17.9 Å². The molecular formula is C14H12N4O. The number of hydrogen-bond acceptors (Lipinski definition) is 5. The lowest BCUT2D eigenvalue weighted by atomic mass is 10.2. The van der Waals surface area contributed by atoms with Crippen LogP contribution in [0.25, 0.3) is 10.9 Å². The van der Waals surface area contributed by atoms with Crippen molar-refractivity contribution in [2.24, 2.45) is 0 Å². The zero-order valence-corrected chi connectivity index (χ0v) is 10.0. The summed E-state index contributed by atoms with van der Waals surface area (Å²) in [7, 11) is 0. The number of nitrogens with zero attached hydrogens (tertiary/aromatic N) is 2. The molecule has 94 valence electrons. The number of fused-ring (bicyclic) bond motifs is 1. The second-order valence-corrected chi connectivity index (χ2v) is 4.17. The Morgan fingerprint density at radius 2 is 1.79 bits per heavy atom. The zero-order chi connectivity index (χ0) is 13.2. The lowest BCUT2D eigenvalue weighted by Crippen LogP contribution is -1.96. The largest absolute Gasteiger partial charge is 0.508 e. The first-order valence-corrected chi connectivity index (χ1v) is 5.79. The molecule has 5 heteroatoms. The van der Waals surface area contributed by atoms with Gasteiger partial charge in [-0.25, -0.2) is 9.97 Å². The van der Waals surface area contributed by atoms with Crippen LogP contribution >= 0.6 is 0 Å². The number of nitrogen functional groups attached to an aromatic ring is 1. The summed E-state index contributed by atoms with van der Waals surface area (Å²) in [6.07, 6.45) is 1.50. The van der Waals surface area contributed by atoms with Crippen molar-refractivity contribution in [3.05, 3.63) is 48.8 Å². The SMILES string of the molecule is Nc1ccc2ncnc(Nc3ccc(O)cc3)c2c1. The Labute approximate surface area is 109 Å². The van der Waals surface area contributed by atoms with E-state index < -0.39 is 0 Å². The van der Waals surface area contributed by atoms with E-state index in [0.717, 1.165) is 16.6 Å². The lowest BCUT2D eigenvalue weighted by Gasteiger charge is -2.08. The van der Waals surface area contributed by atoms with Gasteiger partial charge in [0.2, 0.25) is 0 Å². The molecule has 0 spiro atoms. The Kier molecular flexibility index (Phi) is 2.64. The third-order valence-corrected chi connectivity index (χ3v) is 2.79. The summed E-state index contributed by atoms with van der Waals surface area (Å²) in [5.41, 5.74) is 8.11. The van der Waals surface area contributed by atoms with Gasteiger partial charge >= 0.3 is 0 Å². The number of aromatic hydroxyl groups is 1. The highest BCUT2D eigenvalue weighted by molar-refractivity contribution is 5.92. The van der Waals surface area contributed by atoms with Crippen molar-refractivity contribution in [3.8, 4) is 5.75 Å². The molecule has 3 aromatic rings. The van der Waals surface area contributed by atoms with Crippen LogP contribution in [0.15, 0.2) is 48.8 Å². The van der Waals surface area contributed by atoms with Gasteiger partial charge in [-0.1, -0.05) is 0 Å². The smallest absolute Gasteiger partial charge is 0.141 e. The molecule has 0 unspecified atom stereocenters. The molecule has 0 fully saturated rings. The third-order valence-electron chi connectivity index (χ3n) is 2.79. The third kappa shape index (κ3) is 2.26. The average molecular weight is 252 g/mol. The summed E-state index contributed by atoms with van der Waals surface area (Å²) in [6.45, 7) is 0. The van der Waals surface area contributed by atoms with Crippen LogP contribution in [0, 0.1) is 0 Å². The molecule has 0 aliphatic heterocycles. The molecule has 0 saturated heterocycles. The van der Waals surface area contributed by atoms with Gasteiger partial charge in [0.25, 0.3) is 0 Å². The fourth-order valence-electron chi connectivity index (χ4n) is 1.86. The highest BCUT2D eigenvalue weighted by Crippen LogP contribution is 2.25. The van der Waals surface area contributed by atoms with E-state index in [9.17, 15) is 5.11 Å². The Morgan fingerprint density at radius 1 is 1.00 bits per heavy atom. The number of phenols is 1. The van der Waals surface area contributed by atoms with Crippen LogP contribution in [0.3, 0.4) is 0 Å². The van der Waals surface area contributed by atoms with Crippen LogP contribution in [0.5, 0.6) is 5.75 Å². The maximum atomic E-state index is 9.26. The summed E-state index contributed by atoms with van der Waals surface area (Å²) < 4.78 is 0. The maximum Gasteiger partial charge on any atom is 0.141 e. The predicted octanol–water partition coefficient (Wildman–Crippen LogP) is 2.66. The molecule has 0 radical (unpaired) electrons. The molecule has 0 atom stereocenters. The molecular weight excluding hydrogens is 240 g/mol. The molecule has 19 heavy (non-hydrogen) atoms. The summed E-state index contributed by atoms with van der Waals surface area (Å²) in [4.78, 5) is 8.42. The first kappa shape index (κ1) is 11.3. The molecule has 0 amide bonds. The summed E-state index contributed by atoms with van der Waals surface area (Å²) in [5, 5.41) is 13.3. The van der Waals surface area contributed by atoms with Gasteiger partial charge < -0.3 is 16.2 Å². The molecule has 1 aromatic heterocycles. The first-order valence-electron chi connectivity index (χ1n) is 5.79. The van der Waals surface area contributed by atoms with Crippen molar-refractivity contribution in [2.45, 2.75) is 0 Å². The summed E-state index contributed by atoms with van der Waals surface area (Å²) in [6, 6.07) is 12.3. The molecule has 4 N–H and O–H groups in total. The second kappa shape index (κ2) is 4.45. The highest BCUT2D eigenvalue weighted by Gasteiger charge is 2.04. The molecule has 1 heterocycles.